The van der Waals surface area contributed by atoms with Crippen LogP contribution in [0.3, 0.4) is 0 Å². The summed E-state index contributed by atoms with van der Waals surface area (Å²) in [5, 5.41) is 13.9. The first kappa shape index (κ1) is 19.7. The normalized spacial score (nSPS) is 15.0. The molecule has 0 saturated heterocycles. The molecule has 1 aliphatic heterocycles. The average Bonchev–Trinajstić information content (AvgIpc) is 3.18. The number of anilines is 1. The van der Waals surface area contributed by atoms with Gasteiger partial charge in [0.05, 0.1) is 23.5 Å². The van der Waals surface area contributed by atoms with E-state index in [4.69, 9.17) is 0 Å². The van der Waals surface area contributed by atoms with Crippen molar-refractivity contribution in [2.45, 2.75) is 19.1 Å². The van der Waals surface area contributed by atoms with Crippen molar-refractivity contribution in [3.05, 3.63) is 78.2 Å². The Morgan fingerprint density at radius 1 is 1.03 bits per heavy atom. The Labute approximate surface area is 182 Å². The lowest BCUT2D eigenvalue weighted by molar-refractivity contribution is 0.114. The third-order valence-electron chi connectivity index (χ3n) is 6.02. The number of aliphatic hydroxyl groups is 1. The minimum Gasteiger partial charge on any atom is -0.390 e. The highest BCUT2D eigenvalue weighted by molar-refractivity contribution is 5.82. The number of rotatable bonds is 6. The molecule has 3 heterocycles. The number of nitrogens with zero attached hydrogens (tertiary/aromatic N) is 4. The summed E-state index contributed by atoms with van der Waals surface area (Å²) in [4.78, 5) is 11.1. The van der Waals surface area contributed by atoms with Crippen molar-refractivity contribution in [3.8, 4) is 11.1 Å². The number of β-amino-alcohol motifs (C(OH)–C–C–N with tert-alkyl or cyclic N) is 1. The topological polar surface area (TPSA) is 66.2 Å². The minimum atomic E-state index is -0.457. The van der Waals surface area contributed by atoms with Crippen LogP contribution in [-0.2, 0) is 20.0 Å². The number of hydrogen-bond acceptors (Lipinski definition) is 5. The maximum Gasteiger partial charge on any atom is 0.126 e. The van der Waals surface area contributed by atoms with E-state index in [-0.39, 0.29) is 0 Å². The van der Waals surface area contributed by atoms with Crippen LogP contribution in [0.5, 0.6) is 0 Å². The fraction of sp³-hybridized carbons (Fsp3) is 0.280. The molecule has 6 heteroatoms. The van der Waals surface area contributed by atoms with E-state index in [1.807, 2.05) is 36.1 Å². The smallest absolute Gasteiger partial charge is 0.126 e. The van der Waals surface area contributed by atoms with E-state index in [0.717, 1.165) is 47.5 Å². The third-order valence-corrected chi connectivity index (χ3v) is 6.02. The largest absolute Gasteiger partial charge is 0.390 e. The lowest BCUT2D eigenvalue weighted by Crippen LogP contribution is -2.39. The molecular weight excluding hydrogens is 386 g/mol. The fourth-order valence-corrected chi connectivity index (χ4v) is 4.31. The number of benzene rings is 2. The van der Waals surface area contributed by atoms with Crippen LogP contribution in [0.25, 0.3) is 22.2 Å². The van der Waals surface area contributed by atoms with E-state index in [9.17, 15) is 5.11 Å². The predicted molar refractivity (Wildman–Crippen MR) is 124 cm³/mol. The molecule has 0 aliphatic carbocycles. The monoisotopic (exact) mass is 413 g/mol. The van der Waals surface area contributed by atoms with Crippen molar-refractivity contribution >= 4 is 16.9 Å². The van der Waals surface area contributed by atoms with Gasteiger partial charge in [-0.1, -0.05) is 30.3 Å². The van der Waals surface area contributed by atoms with Crippen LogP contribution in [0.15, 0.2) is 67.1 Å². The van der Waals surface area contributed by atoms with Gasteiger partial charge in [-0.25, -0.2) is 9.97 Å². The van der Waals surface area contributed by atoms with Crippen molar-refractivity contribution in [1.82, 2.24) is 19.4 Å². The van der Waals surface area contributed by atoms with Crippen molar-refractivity contribution in [1.29, 1.82) is 0 Å². The van der Waals surface area contributed by atoms with Gasteiger partial charge in [-0.05, 0) is 52.9 Å². The number of nitrogens with one attached hydrogen (secondary N) is 1. The summed E-state index contributed by atoms with van der Waals surface area (Å²) < 4.78 is 2.02. The van der Waals surface area contributed by atoms with Crippen LogP contribution in [0.4, 0.5) is 5.82 Å². The number of hydrogen-bond donors (Lipinski definition) is 2. The molecule has 0 fully saturated rings. The van der Waals surface area contributed by atoms with Gasteiger partial charge in [-0.15, -0.1) is 0 Å². The quantitative estimate of drug-likeness (QED) is 0.507. The fourth-order valence-electron chi connectivity index (χ4n) is 4.31. The van der Waals surface area contributed by atoms with Gasteiger partial charge < -0.3 is 15.0 Å². The average molecular weight is 414 g/mol. The standard InChI is InChI=1S/C25H27N5O/c1-29-17-28-23-7-6-19(12-24(23)29)20-8-10-26-25(13-20)27-14-22(31)16-30-11-9-18-4-2-3-5-21(18)15-30/h2-8,10,12-13,17,22,31H,9,11,14-16H2,1H3,(H,26,27). The molecule has 2 aromatic heterocycles. The van der Waals surface area contributed by atoms with Crippen LogP contribution in [-0.4, -0.2) is 50.3 Å². The van der Waals surface area contributed by atoms with Gasteiger partial charge in [0.2, 0.25) is 0 Å². The first-order valence-electron chi connectivity index (χ1n) is 10.7. The second-order valence-electron chi connectivity index (χ2n) is 8.28. The number of aryl methyl sites for hydroxylation is 1. The van der Waals surface area contributed by atoms with Crippen LogP contribution in [0, 0.1) is 0 Å². The zero-order valence-electron chi connectivity index (χ0n) is 17.7. The summed E-state index contributed by atoms with van der Waals surface area (Å²) in [5.74, 6) is 0.769. The summed E-state index contributed by atoms with van der Waals surface area (Å²) in [6, 6.07) is 18.9. The van der Waals surface area contributed by atoms with Gasteiger partial charge in [0.15, 0.2) is 0 Å². The number of fused-ring (bicyclic) bond motifs is 2. The number of imidazole rings is 1. The molecule has 0 amide bonds. The Balaban J connectivity index is 1.21. The van der Waals surface area contributed by atoms with Gasteiger partial charge >= 0.3 is 0 Å². The number of aliphatic hydroxyl groups excluding tert-OH is 1. The molecule has 0 radical (unpaired) electrons. The maximum absolute atomic E-state index is 10.6. The molecule has 1 aliphatic rings. The summed E-state index contributed by atoms with van der Waals surface area (Å²) in [7, 11) is 2.00. The molecule has 0 spiro atoms. The lowest BCUT2D eigenvalue weighted by atomic mass is 10.00. The lowest BCUT2D eigenvalue weighted by Gasteiger charge is -2.30. The number of pyridine rings is 1. The summed E-state index contributed by atoms with van der Waals surface area (Å²) >= 11 is 0. The van der Waals surface area contributed by atoms with E-state index in [1.54, 1.807) is 6.20 Å². The van der Waals surface area contributed by atoms with E-state index in [0.29, 0.717) is 13.1 Å². The molecule has 0 saturated carbocycles. The molecular formula is C25H27N5O. The van der Waals surface area contributed by atoms with Crippen molar-refractivity contribution < 1.29 is 5.11 Å². The Hall–Kier alpha value is -3.22. The molecule has 1 atom stereocenters. The zero-order valence-corrected chi connectivity index (χ0v) is 17.7. The summed E-state index contributed by atoms with van der Waals surface area (Å²) in [6.07, 6.45) is 4.22. The molecule has 2 aromatic carbocycles. The molecule has 5 rings (SSSR count). The van der Waals surface area contributed by atoms with Gasteiger partial charge in [0.1, 0.15) is 5.82 Å². The van der Waals surface area contributed by atoms with Gasteiger partial charge in [0, 0.05) is 39.4 Å². The Morgan fingerprint density at radius 2 is 1.87 bits per heavy atom. The van der Waals surface area contributed by atoms with E-state index < -0.39 is 6.10 Å². The van der Waals surface area contributed by atoms with Crippen molar-refractivity contribution in [2.24, 2.45) is 7.05 Å². The van der Waals surface area contributed by atoms with E-state index >= 15 is 0 Å². The highest BCUT2D eigenvalue weighted by Crippen LogP contribution is 2.25. The van der Waals surface area contributed by atoms with E-state index in [1.165, 1.54) is 11.1 Å². The second-order valence-corrected chi connectivity index (χ2v) is 8.28. The first-order chi connectivity index (χ1) is 15.2. The van der Waals surface area contributed by atoms with Crippen LogP contribution >= 0.6 is 0 Å². The van der Waals surface area contributed by atoms with Crippen LogP contribution in [0.2, 0.25) is 0 Å². The van der Waals surface area contributed by atoms with Gasteiger partial charge in [-0.3, -0.25) is 4.90 Å². The van der Waals surface area contributed by atoms with E-state index in [2.05, 4.69) is 56.6 Å². The van der Waals surface area contributed by atoms with Crippen molar-refractivity contribution in [3.63, 3.8) is 0 Å². The minimum absolute atomic E-state index is 0.457. The van der Waals surface area contributed by atoms with Gasteiger partial charge in [0.25, 0.3) is 0 Å². The molecule has 0 bridgehead atoms. The molecule has 2 N–H and O–H groups in total. The van der Waals surface area contributed by atoms with Crippen LogP contribution < -0.4 is 5.32 Å². The SMILES string of the molecule is Cn1cnc2ccc(-c3ccnc(NCC(O)CN4CCc5ccccc5C4)c3)cc21. The Kier molecular flexibility index (Phi) is 5.40. The Morgan fingerprint density at radius 3 is 2.77 bits per heavy atom. The summed E-state index contributed by atoms with van der Waals surface area (Å²) in [5.41, 5.74) is 7.09. The molecule has 1 unspecified atom stereocenters. The second kappa shape index (κ2) is 8.49. The first-order valence-corrected chi connectivity index (χ1v) is 10.7. The van der Waals surface area contributed by atoms with Gasteiger partial charge in [-0.2, -0.15) is 0 Å². The van der Waals surface area contributed by atoms with Crippen molar-refractivity contribution in [2.75, 3.05) is 25.0 Å². The zero-order chi connectivity index (χ0) is 21.2. The van der Waals surface area contributed by atoms with Crippen LogP contribution in [0.1, 0.15) is 11.1 Å². The predicted octanol–water partition coefficient (Wildman–Crippen LogP) is 3.47. The Bertz CT molecular complexity index is 1200. The maximum atomic E-state index is 10.6. The highest BCUT2D eigenvalue weighted by Gasteiger charge is 2.18. The number of aromatic nitrogens is 3. The highest BCUT2D eigenvalue weighted by atomic mass is 16.3. The molecule has 4 aromatic rings. The third kappa shape index (κ3) is 4.31. The molecule has 158 valence electrons. The molecule has 6 nitrogen and oxygen atoms in total. The molecule has 31 heavy (non-hydrogen) atoms. The summed E-state index contributed by atoms with van der Waals surface area (Å²) in [6.45, 7) is 3.00.